The number of anilines is 3. The lowest BCUT2D eigenvalue weighted by molar-refractivity contribution is 0.660. The van der Waals surface area contributed by atoms with E-state index in [1.54, 1.807) is 0 Å². The first-order valence-corrected chi connectivity index (χ1v) is 20.2. The van der Waals surface area contributed by atoms with Gasteiger partial charge in [0.2, 0.25) is 0 Å². The number of fused-ring (bicyclic) bond motifs is 3. The summed E-state index contributed by atoms with van der Waals surface area (Å²) in [6.45, 7) is 4.72. The minimum atomic E-state index is -0.103. The predicted molar refractivity (Wildman–Crippen MR) is 246 cm³/mol. The Bertz CT molecular complexity index is 2870. The number of hydrogen-bond acceptors (Lipinski definition) is 1. The quantitative estimate of drug-likeness (QED) is 0.150. The summed E-state index contributed by atoms with van der Waals surface area (Å²) >= 11 is 0. The second kappa shape index (κ2) is 14.7. The van der Waals surface area contributed by atoms with Crippen LogP contribution >= 0.6 is 0 Å². The number of benzene rings is 9. The van der Waals surface area contributed by atoms with Crippen molar-refractivity contribution in [2.75, 3.05) is 4.90 Å². The van der Waals surface area contributed by atoms with Gasteiger partial charge in [0.05, 0.1) is 11.4 Å². The van der Waals surface area contributed by atoms with E-state index in [-0.39, 0.29) is 5.41 Å². The number of nitrogens with zero attached hydrogens (tertiary/aromatic N) is 1. The third-order valence-electron chi connectivity index (χ3n) is 11.9. The molecule has 0 saturated heterocycles. The van der Waals surface area contributed by atoms with Crippen LogP contribution in [0.1, 0.15) is 25.0 Å². The fraction of sp³-hybridized carbons (Fsp3) is 0.0526. The molecule has 0 fully saturated rings. The van der Waals surface area contributed by atoms with E-state index in [0.717, 1.165) is 22.6 Å². The summed E-state index contributed by atoms with van der Waals surface area (Å²) in [7, 11) is 0. The maximum atomic E-state index is 2.47. The molecular weight excluding hydrogens is 699 g/mol. The van der Waals surface area contributed by atoms with Crippen molar-refractivity contribution in [3.05, 3.63) is 236 Å². The Labute approximate surface area is 342 Å². The fourth-order valence-corrected chi connectivity index (χ4v) is 9.07. The van der Waals surface area contributed by atoms with Crippen molar-refractivity contribution in [1.82, 2.24) is 0 Å². The minimum absolute atomic E-state index is 0.103. The van der Waals surface area contributed by atoms with E-state index in [2.05, 4.69) is 243 Å². The molecule has 0 amide bonds. The van der Waals surface area contributed by atoms with Crippen LogP contribution in [0.4, 0.5) is 17.1 Å². The zero-order valence-electron chi connectivity index (χ0n) is 32.8. The highest BCUT2D eigenvalue weighted by molar-refractivity contribution is 6.03. The topological polar surface area (TPSA) is 3.24 Å². The average molecular weight is 742 g/mol. The van der Waals surface area contributed by atoms with Gasteiger partial charge in [-0.3, -0.25) is 0 Å². The van der Waals surface area contributed by atoms with Gasteiger partial charge in [-0.25, -0.2) is 0 Å². The van der Waals surface area contributed by atoms with Crippen molar-refractivity contribution in [3.63, 3.8) is 0 Å². The minimum Gasteiger partial charge on any atom is -0.309 e. The molecular formula is C57H43N. The monoisotopic (exact) mass is 741 g/mol. The van der Waals surface area contributed by atoms with Crippen molar-refractivity contribution < 1.29 is 0 Å². The molecule has 9 aromatic carbocycles. The van der Waals surface area contributed by atoms with Crippen LogP contribution in [0.15, 0.2) is 224 Å². The zero-order chi connectivity index (χ0) is 39.1. The summed E-state index contributed by atoms with van der Waals surface area (Å²) in [5, 5.41) is 0. The van der Waals surface area contributed by atoms with Crippen LogP contribution in [-0.2, 0) is 5.41 Å². The third kappa shape index (κ3) is 6.13. The Kier molecular flexibility index (Phi) is 8.92. The second-order valence-corrected chi connectivity index (χ2v) is 15.7. The molecule has 0 radical (unpaired) electrons. The Morgan fingerprint density at radius 3 is 1.33 bits per heavy atom. The molecule has 1 aliphatic carbocycles. The maximum Gasteiger partial charge on any atom is 0.0546 e. The standard InChI is InChI=1S/C57H43N/c1-57(2)51-28-14-12-25-50(51)56-49(26-16-29-52(56)57)48-27-17-31-54(55(48)45-22-10-5-11-23-45)58(46-38-36-43(37-39-46)41-20-8-4-9-21-41)53-30-15-13-24-47(53)44-34-32-42(33-35-44)40-18-6-3-7-19-40/h3-39H,1-2H3. The number of hydrogen-bond donors (Lipinski definition) is 0. The van der Waals surface area contributed by atoms with Crippen LogP contribution in [0.3, 0.4) is 0 Å². The van der Waals surface area contributed by atoms with Gasteiger partial charge in [-0.15, -0.1) is 0 Å². The van der Waals surface area contributed by atoms with E-state index in [1.165, 1.54) is 72.3 Å². The lowest BCUT2D eigenvalue weighted by Gasteiger charge is -2.31. The smallest absolute Gasteiger partial charge is 0.0546 e. The molecule has 276 valence electrons. The molecule has 0 saturated carbocycles. The van der Waals surface area contributed by atoms with Crippen molar-refractivity contribution in [2.24, 2.45) is 0 Å². The maximum absolute atomic E-state index is 2.47. The SMILES string of the molecule is CC1(C)c2ccccc2-c2c(-c3cccc(N(c4ccc(-c5ccccc5)cc4)c4ccccc4-c4ccc(-c5ccccc5)cc4)c3-c3ccccc3)cccc21. The molecule has 0 atom stereocenters. The summed E-state index contributed by atoms with van der Waals surface area (Å²) in [5.74, 6) is 0. The van der Waals surface area contributed by atoms with Crippen LogP contribution in [-0.4, -0.2) is 0 Å². The summed E-state index contributed by atoms with van der Waals surface area (Å²) in [6.07, 6.45) is 0. The van der Waals surface area contributed by atoms with Crippen molar-refractivity contribution in [1.29, 1.82) is 0 Å². The molecule has 0 N–H and O–H groups in total. The molecule has 1 nitrogen and oxygen atoms in total. The second-order valence-electron chi connectivity index (χ2n) is 15.7. The van der Waals surface area contributed by atoms with E-state index in [0.29, 0.717) is 0 Å². The van der Waals surface area contributed by atoms with Gasteiger partial charge in [-0.1, -0.05) is 214 Å². The summed E-state index contributed by atoms with van der Waals surface area (Å²) in [4.78, 5) is 2.47. The zero-order valence-corrected chi connectivity index (χ0v) is 32.8. The van der Waals surface area contributed by atoms with Gasteiger partial charge in [0, 0.05) is 22.2 Å². The van der Waals surface area contributed by atoms with Gasteiger partial charge in [-0.2, -0.15) is 0 Å². The van der Waals surface area contributed by atoms with Gasteiger partial charge >= 0.3 is 0 Å². The average Bonchev–Trinajstić information content (AvgIpc) is 3.53. The highest BCUT2D eigenvalue weighted by Gasteiger charge is 2.37. The third-order valence-corrected chi connectivity index (χ3v) is 11.9. The van der Waals surface area contributed by atoms with E-state index in [4.69, 9.17) is 0 Å². The van der Waals surface area contributed by atoms with Gasteiger partial charge in [0.15, 0.2) is 0 Å². The van der Waals surface area contributed by atoms with Gasteiger partial charge < -0.3 is 4.90 Å². The van der Waals surface area contributed by atoms with Gasteiger partial charge in [0.25, 0.3) is 0 Å². The van der Waals surface area contributed by atoms with Gasteiger partial charge in [0.1, 0.15) is 0 Å². The predicted octanol–water partition coefficient (Wildman–Crippen LogP) is 15.8. The molecule has 58 heavy (non-hydrogen) atoms. The Hall–Kier alpha value is -7.22. The van der Waals surface area contributed by atoms with Crippen molar-refractivity contribution >= 4 is 17.1 Å². The highest BCUT2D eigenvalue weighted by atomic mass is 15.1. The lowest BCUT2D eigenvalue weighted by atomic mass is 9.81. The molecule has 0 unspecified atom stereocenters. The Morgan fingerprint density at radius 2 is 0.690 bits per heavy atom. The number of para-hydroxylation sites is 1. The van der Waals surface area contributed by atoms with Crippen molar-refractivity contribution in [2.45, 2.75) is 19.3 Å². The molecule has 1 heteroatoms. The molecule has 0 aliphatic heterocycles. The number of rotatable bonds is 8. The molecule has 0 bridgehead atoms. The Morgan fingerprint density at radius 1 is 0.276 bits per heavy atom. The normalized spacial score (nSPS) is 12.4. The molecule has 10 rings (SSSR count). The molecule has 0 spiro atoms. The summed E-state index contributed by atoms with van der Waals surface area (Å²) in [6, 6.07) is 81.8. The summed E-state index contributed by atoms with van der Waals surface area (Å²) in [5.41, 5.74) is 20.6. The van der Waals surface area contributed by atoms with Crippen molar-refractivity contribution in [3.8, 4) is 66.8 Å². The van der Waals surface area contributed by atoms with E-state index >= 15 is 0 Å². The van der Waals surface area contributed by atoms with Crippen LogP contribution in [0.25, 0.3) is 66.8 Å². The fourth-order valence-electron chi connectivity index (χ4n) is 9.07. The van der Waals surface area contributed by atoms with Crippen LogP contribution in [0, 0.1) is 0 Å². The van der Waals surface area contributed by atoms with E-state index in [9.17, 15) is 0 Å². The van der Waals surface area contributed by atoms with Crippen LogP contribution in [0.2, 0.25) is 0 Å². The molecule has 0 heterocycles. The Balaban J connectivity index is 1.22. The highest BCUT2D eigenvalue weighted by Crippen LogP contribution is 2.55. The first-order chi connectivity index (χ1) is 28.6. The van der Waals surface area contributed by atoms with Crippen LogP contribution in [0.5, 0.6) is 0 Å². The van der Waals surface area contributed by atoms with Gasteiger partial charge in [-0.05, 0) is 91.0 Å². The first kappa shape index (κ1) is 35.2. The molecule has 9 aromatic rings. The van der Waals surface area contributed by atoms with E-state index < -0.39 is 0 Å². The van der Waals surface area contributed by atoms with E-state index in [1.807, 2.05) is 0 Å². The molecule has 1 aliphatic rings. The molecule has 0 aromatic heterocycles. The summed E-state index contributed by atoms with van der Waals surface area (Å²) < 4.78 is 0. The largest absolute Gasteiger partial charge is 0.309 e. The lowest BCUT2D eigenvalue weighted by Crippen LogP contribution is -2.14. The van der Waals surface area contributed by atoms with Crippen LogP contribution < -0.4 is 4.90 Å². The first-order valence-electron chi connectivity index (χ1n) is 20.2.